The van der Waals surface area contributed by atoms with E-state index in [-0.39, 0.29) is 37.2 Å². The summed E-state index contributed by atoms with van der Waals surface area (Å²) >= 11 is 6.97. The Morgan fingerprint density at radius 2 is 1.68 bits per heavy atom. The molecule has 0 bridgehead atoms. The molecule has 2 aromatic rings. The van der Waals surface area contributed by atoms with Gasteiger partial charge in [-0.2, -0.15) is 0 Å². The van der Waals surface area contributed by atoms with Crippen molar-refractivity contribution >= 4 is 46.8 Å². The number of nitrogens with two attached hydrogens (primary N) is 1. The topological polar surface area (TPSA) is 148 Å². The van der Waals surface area contributed by atoms with Gasteiger partial charge < -0.3 is 30.9 Å². The number of carbonyl (C=O) groups is 3. The third kappa shape index (κ3) is 10.6. The van der Waals surface area contributed by atoms with Crippen molar-refractivity contribution in [3.05, 3.63) is 64.7 Å². The number of carboxylic acid groups (broad SMARTS) is 1. The number of thioether (sulfide) groups is 1. The average Bonchev–Trinajstić information content (AvgIpc) is 2.95. The van der Waals surface area contributed by atoms with E-state index in [0.717, 1.165) is 42.8 Å². The monoisotopic (exact) mass is 608 g/mol. The number of piperazine rings is 1. The van der Waals surface area contributed by atoms with Crippen LogP contribution in [0.25, 0.3) is 0 Å². The average molecular weight is 609 g/mol. The van der Waals surface area contributed by atoms with Crippen LogP contribution in [0.4, 0.5) is 5.69 Å². The van der Waals surface area contributed by atoms with Crippen LogP contribution in [-0.4, -0.2) is 108 Å². The summed E-state index contributed by atoms with van der Waals surface area (Å²) in [6.07, 6.45) is 0.897. The van der Waals surface area contributed by atoms with Crippen molar-refractivity contribution in [2.75, 3.05) is 63.1 Å². The summed E-state index contributed by atoms with van der Waals surface area (Å²) < 4.78 is 5.62. The Morgan fingerprint density at radius 1 is 1.05 bits per heavy atom. The Balaban J connectivity index is 0.00000588. The molecule has 0 saturated carbocycles. The normalized spacial score (nSPS) is 14.4. The van der Waals surface area contributed by atoms with Gasteiger partial charge >= 0.3 is 5.97 Å². The molecule has 5 N–H and O–H groups in total. The van der Waals surface area contributed by atoms with E-state index in [9.17, 15) is 19.5 Å². The van der Waals surface area contributed by atoms with Crippen molar-refractivity contribution in [1.29, 1.82) is 0 Å². The summed E-state index contributed by atoms with van der Waals surface area (Å²) in [4.78, 5) is 43.9. The fraction of sp³-hybridized carbons (Fsp3) is 0.483. The number of carboxylic acids is 1. The minimum Gasteiger partial charge on any atom is -0.480 e. The minimum absolute atomic E-state index is 0. The van der Waals surface area contributed by atoms with Gasteiger partial charge in [0.25, 0.3) is 11.8 Å². The van der Waals surface area contributed by atoms with Crippen molar-refractivity contribution in [2.24, 2.45) is 5.73 Å². The van der Waals surface area contributed by atoms with Crippen LogP contribution in [0.1, 0.15) is 29.8 Å². The second-order valence-electron chi connectivity index (χ2n) is 9.84. The maximum Gasteiger partial charge on any atom is 0.326 e. The molecule has 41 heavy (non-hydrogen) atoms. The van der Waals surface area contributed by atoms with Gasteiger partial charge in [-0.3, -0.25) is 19.3 Å². The van der Waals surface area contributed by atoms with Gasteiger partial charge in [-0.1, -0.05) is 23.7 Å². The van der Waals surface area contributed by atoms with E-state index in [2.05, 4.69) is 4.90 Å². The molecule has 0 spiro atoms. The van der Waals surface area contributed by atoms with E-state index in [0.29, 0.717) is 30.1 Å². The number of anilines is 1. The lowest BCUT2D eigenvalue weighted by molar-refractivity contribution is -0.139. The van der Waals surface area contributed by atoms with Gasteiger partial charge in [0.15, 0.2) is 5.25 Å². The molecule has 226 valence electrons. The van der Waals surface area contributed by atoms with E-state index in [1.807, 2.05) is 43.0 Å². The van der Waals surface area contributed by atoms with Crippen LogP contribution in [0.3, 0.4) is 0 Å². The van der Waals surface area contributed by atoms with Gasteiger partial charge in [-0.25, -0.2) is 0 Å². The van der Waals surface area contributed by atoms with Crippen molar-refractivity contribution in [2.45, 2.75) is 31.6 Å². The molecule has 1 saturated heterocycles. The third-order valence-corrected chi connectivity index (χ3v) is 8.06. The van der Waals surface area contributed by atoms with E-state index >= 15 is 0 Å². The van der Waals surface area contributed by atoms with Crippen molar-refractivity contribution in [3.63, 3.8) is 0 Å². The van der Waals surface area contributed by atoms with Crippen LogP contribution in [0.5, 0.6) is 0 Å². The third-order valence-electron chi connectivity index (χ3n) is 6.60. The molecule has 0 aromatic heterocycles. The molecule has 12 heteroatoms. The molecule has 1 heterocycles. The Bertz CT molecular complexity index is 1110. The number of rotatable bonds is 14. The van der Waals surface area contributed by atoms with Crippen molar-refractivity contribution < 1.29 is 29.7 Å². The SMILES string of the molecule is CC(C)OCCN(C(=O)[C@H](SCCN)C(=O)O)c1ccc(C(=O)N2CCN(CCc3ccc(Cl)cc3)CC2)cc1.O. The van der Waals surface area contributed by atoms with E-state index in [4.69, 9.17) is 22.1 Å². The van der Waals surface area contributed by atoms with Crippen LogP contribution in [0.15, 0.2) is 48.5 Å². The number of hydrogen-bond donors (Lipinski definition) is 2. The van der Waals surface area contributed by atoms with Gasteiger partial charge in [0, 0.05) is 67.8 Å². The highest BCUT2D eigenvalue weighted by Crippen LogP contribution is 2.22. The van der Waals surface area contributed by atoms with Crippen LogP contribution in [0, 0.1) is 0 Å². The number of carbonyl (C=O) groups excluding carboxylic acids is 2. The lowest BCUT2D eigenvalue weighted by atomic mass is 10.1. The maximum absolute atomic E-state index is 13.3. The Labute approximate surface area is 251 Å². The van der Waals surface area contributed by atoms with Gasteiger partial charge in [-0.15, -0.1) is 11.8 Å². The number of nitrogens with zero attached hydrogens (tertiary/aromatic N) is 3. The van der Waals surface area contributed by atoms with Crippen molar-refractivity contribution in [3.8, 4) is 0 Å². The number of hydrogen-bond acceptors (Lipinski definition) is 7. The molecule has 0 unspecified atom stereocenters. The zero-order valence-corrected chi connectivity index (χ0v) is 25.2. The number of ether oxygens (including phenoxy) is 1. The minimum atomic E-state index is -1.28. The molecule has 1 aliphatic heterocycles. The summed E-state index contributed by atoms with van der Waals surface area (Å²) in [5, 5.41) is 9.12. The molecule has 1 aliphatic rings. The van der Waals surface area contributed by atoms with Crippen LogP contribution in [0.2, 0.25) is 5.02 Å². The maximum atomic E-state index is 13.3. The highest BCUT2D eigenvalue weighted by atomic mass is 35.5. The smallest absolute Gasteiger partial charge is 0.326 e. The molecule has 2 amide bonds. The lowest BCUT2D eigenvalue weighted by Gasteiger charge is -2.35. The van der Waals surface area contributed by atoms with Gasteiger partial charge in [-0.05, 0) is 62.2 Å². The summed E-state index contributed by atoms with van der Waals surface area (Å²) in [6, 6.07) is 14.6. The summed E-state index contributed by atoms with van der Waals surface area (Å²) in [5.74, 6) is -1.47. The standard InChI is InChI=1S/C29H39ClN4O5S.H2O/c1-21(2)39-19-18-34(28(36)26(29(37)38)40-20-12-31)25-9-5-23(6-10-25)27(35)33-16-14-32(15-17-33)13-11-22-3-7-24(30)8-4-22;/h3-10,21,26H,11-20,31H2,1-2H3,(H,37,38);1H2/t26-;/m0./s1. The molecule has 1 atom stereocenters. The molecule has 0 radical (unpaired) electrons. The van der Waals surface area contributed by atoms with E-state index < -0.39 is 17.1 Å². The zero-order valence-electron chi connectivity index (χ0n) is 23.6. The number of amides is 2. The fourth-order valence-electron chi connectivity index (χ4n) is 4.40. The van der Waals surface area contributed by atoms with E-state index in [1.165, 1.54) is 10.5 Å². The van der Waals surface area contributed by atoms with Crippen LogP contribution >= 0.6 is 23.4 Å². The van der Waals surface area contributed by atoms with Crippen LogP contribution in [-0.2, 0) is 20.7 Å². The number of benzene rings is 2. The number of halogens is 1. The highest BCUT2D eigenvalue weighted by molar-refractivity contribution is 8.01. The zero-order chi connectivity index (χ0) is 29.1. The number of aliphatic carboxylic acids is 1. The fourth-order valence-corrected chi connectivity index (χ4v) is 5.31. The van der Waals surface area contributed by atoms with Gasteiger partial charge in [0.05, 0.1) is 12.7 Å². The second kappa shape index (κ2) is 17.3. The Hall–Kier alpha value is -2.67. The first-order chi connectivity index (χ1) is 19.2. The van der Waals surface area contributed by atoms with Gasteiger partial charge in [0.2, 0.25) is 0 Å². The molecule has 0 aliphatic carbocycles. The largest absolute Gasteiger partial charge is 0.480 e. The molecule has 2 aromatic carbocycles. The first kappa shape index (κ1) is 34.5. The summed E-state index contributed by atoms with van der Waals surface area (Å²) in [5.41, 5.74) is 7.81. The predicted molar refractivity (Wildman–Crippen MR) is 164 cm³/mol. The summed E-state index contributed by atoms with van der Waals surface area (Å²) in [7, 11) is 0. The first-order valence-electron chi connectivity index (χ1n) is 13.5. The molecule has 1 fully saturated rings. The van der Waals surface area contributed by atoms with Crippen LogP contribution < -0.4 is 10.6 Å². The highest BCUT2D eigenvalue weighted by Gasteiger charge is 2.32. The predicted octanol–water partition coefficient (Wildman–Crippen LogP) is 2.42. The van der Waals surface area contributed by atoms with E-state index in [1.54, 1.807) is 24.3 Å². The quantitative estimate of drug-likeness (QED) is 0.311. The Morgan fingerprint density at radius 3 is 2.24 bits per heavy atom. The first-order valence-corrected chi connectivity index (χ1v) is 15.0. The second-order valence-corrected chi connectivity index (χ2v) is 11.5. The molecular weight excluding hydrogens is 568 g/mol. The van der Waals surface area contributed by atoms with Gasteiger partial charge in [0.1, 0.15) is 0 Å². The molecule has 3 rings (SSSR count). The lowest BCUT2D eigenvalue weighted by Crippen LogP contribution is -2.49. The Kier molecular flexibility index (Phi) is 14.6. The molecule has 10 nitrogen and oxygen atoms in total. The summed E-state index contributed by atoms with van der Waals surface area (Å²) in [6.45, 7) is 8.28. The van der Waals surface area contributed by atoms with Crippen molar-refractivity contribution in [1.82, 2.24) is 9.80 Å². The molecular formula is C29H41ClN4O6S.